The van der Waals surface area contributed by atoms with Crippen LogP contribution in [0.3, 0.4) is 0 Å². The minimum atomic E-state index is 0.344. The number of rotatable bonds is 4. The molecule has 1 unspecified atom stereocenters. The fourth-order valence-electron chi connectivity index (χ4n) is 3.48. The maximum Gasteiger partial charge on any atom is 0.0671 e. The molecule has 3 atom stereocenters. The highest BCUT2D eigenvalue weighted by atomic mass is 79.9. The summed E-state index contributed by atoms with van der Waals surface area (Å²) in [5.41, 5.74) is 2.99. The van der Waals surface area contributed by atoms with Crippen molar-refractivity contribution < 1.29 is 4.74 Å². The first-order valence-corrected chi connectivity index (χ1v) is 9.10. The van der Waals surface area contributed by atoms with Crippen LogP contribution in [0.4, 0.5) is 5.69 Å². The van der Waals surface area contributed by atoms with Gasteiger partial charge in [0.15, 0.2) is 0 Å². The Kier molecular flexibility index (Phi) is 4.81. The fourth-order valence-corrected chi connectivity index (χ4v) is 3.86. The van der Waals surface area contributed by atoms with Crippen LogP contribution in [0.1, 0.15) is 45.2 Å². The third kappa shape index (κ3) is 3.66. The summed E-state index contributed by atoms with van der Waals surface area (Å²) < 4.78 is 7.15. The van der Waals surface area contributed by atoms with Crippen molar-refractivity contribution in [3.63, 3.8) is 0 Å². The molecule has 1 aromatic carbocycles. The summed E-state index contributed by atoms with van der Waals surface area (Å²) in [5, 5.41) is 7.38. The second-order valence-corrected chi connectivity index (χ2v) is 8.67. The molecule has 0 saturated carbocycles. The standard InChI is InChI=1S/C18H27BrN2O/c1-18(2,3)7-9-22-11-16-13-6-8-20-17(13)14-10-12(19)4-5-15(14)21-16/h4-5,10,13,16-17,20-21H,6-9,11H2,1-3H3/t13-,16+,17?/m1/s1. The number of hydrogen-bond donors (Lipinski definition) is 2. The molecule has 0 aromatic heterocycles. The van der Waals surface area contributed by atoms with Gasteiger partial charge in [-0.25, -0.2) is 0 Å². The molecule has 0 amide bonds. The first-order valence-electron chi connectivity index (χ1n) is 8.31. The Morgan fingerprint density at radius 2 is 2.14 bits per heavy atom. The van der Waals surface area contributed by atoms with Crippen LogP contribution >= 0.6 is 15.9 Å². The Balaban J connectivity index is 1.65. The van der Waals surface area contributed by atoms with Gasteiger partial charge in [-0.15, -0.1) is 0 Å². The summed E-state index contributed by atoms with van der Waals surface area (Å²) in [5.74, 6) is 0.622. The Bertz CT molecular complexity index is 526. The molecule has 4 heteroatoms. The van der Waals surface area contributed by atoms with Crippen molar-refractivity contribution in [2.45, 2.75) is 45.7 Å². The molecule has 1 aromatic rings. The second kappa shape index (κ2) is 6.50. The van der Waals surface area contributed by atoms with E-state index < -0.39 is 0 Å². The number of benzene rings is 1. The minimum Gasteiger partial charge on any atom is -0.379 e. The number of fused-ring (bicyclic) bond motifs is 3. The van der Waals surface area contributed by atoms with Crippen LogP contribution in [0.15, 0.2) is 22.7 Å². The minimum absolute atomic E-state index is 0.344. The van der Waals surface area contributed by atoms with Crippen molar-refractivity contribution in [3.05, 3.63) is 28.2 Å². The molecular formula is C18H27BrN2O. The van der Waals surface area contributed by atoms with Gasteiger partial charge in [-0.1, -0.05) is 36.7 Å². The molecule has 0 spiro atoms. The lowest BCUT2D eigenvalue weighted by Gasteiger charge is -2.37. The van der Waals surface area contributed by atoms with Crippen molar-refractivity contribution in [1.29, 1.82) is 0 Å². The number of ether oxygens (including phenoxy) is 1. The summed E-state index contributed by atoms with van der Waals surface area (Å²) in [6.07, 6.45) is 2.33. The monoisotopic (exact) mass is 366 g/mol. The zero-order chi connectivity index (χ0) is 15.7. The molecular weight excluding hydrogens is 340 g/mol. The average molecular weight is 367 g/mol. The van der Waals surface area contributed by atoms with E-state index >= 15 is 0 Å². The van der Waals surface area contributed by atoms with Gasteiger partial charge in [0.25, 0.3) is 0 Å². The highest BCUT2D eigenvalue weighted by Gasteiger charge is 2.39. The van der Waals surface area contributed by atoms with Gasteiger partial charge in [0, 0.05) is 28.7 Å². The Labute approximate surface area is 142 Å². The Morgan fingerprint density at radius 1 is 1.32 bits per heavy atom. The molecule has 0 bridgehead atoms. The summed E-state index contributed by atoms with van der Waals surface area (Å²) in [4.78, 5) is 0. The third-order valence-electron chi connectivity index (χ3n) is 4.77. The SMILES string of the molecule is CC(C)(C)CCOC[C@@H]1Nc2ccc(Br)cc2C2NCC[C@@H]21. The van der Waals surface area contributed by atoms with Gasteiger partial charge in [0.2, 0.25) is 0 Å². The summed E-state index contributed by atoms with van der Waals surface area (Å²) >= 11 is 3.59. The Hall–Kier alpha value is -0.580. The number of hydrogen-bond acceptors (Lipinski definition) is 3. The molecule has 22 heavy (non-hydrogen) atoms. The molecule has 2 aliphatic rings. The lowest BCUT2D eigenvalue weighted by Crippen LogP contribution is -2.41. The van der Waals surface area contributed by atoms with E-state index in [9.17, 15) is 0 Å². The van der Waals surface area contributed by atoms with Crippen LogP contribution in [0.25, 0.3) is 0 Å². The predicted octanol–water partition coefficient (Wildman–Crippen LogP) is 4.35. The van der Waals surface area contributed by atoms with Crippen LogP contribution in [0, 0.1) is 11.3 Å². The third-order valence-corrected chi connectivity index (χ3v) is 5.26. The maximum atomic E-state index is 6.00. The largest absolute Gasteiger partial charge is 0.379 e. The van der Waals surface area contributed by atoms with E-state index in [1.807, 2.05) is 0 Å². The number of nitrogens with one attached hydrogen (secondary N) is 2. The van der Waals surface area contributed by atoms with E-state index in [4.69, 9.17) is 4.74 Å². The number of halogens is 1. The van der Waals surface area contributed by atoms with Crippen molar-refractivity contribution in [2.24, 2.45) is 11.3 Å². The average Bonchev–Trinajstić information content (AvgIpc) is 2.92. The lowest BCUT2D eigenvalue weighted by molar-refractivity contribution is 0.0866. The molecule has 0 radical (unpaired) electrons. The lowest BCUT2D eigenvalue weighted by atomic mass is 9.83. The molecule has 1 fully saturated rings. The van der Waals surface area contributed by atoms with Gasteiger partial charge < -0.3 is 15.4 Å². The fraction of sp³-hybridized carbons (Fsp3) is 0.667. The molecule has 3 nitrogen and oxygen atoms in total. The van der Waals surface area contributed by atoms with Gasteiger partial charge in [0.05, 0.1) is 12.6 Å². The molecule has 2 heterocycles. The Morgan fingerprint density at radius 3 is 2.91 bits per heavy atom. The van der Waals surface area contributed by atoms with E-state index in [0.717, 1.165) is 30.7 Å². The highest BCUT2D eigenvalue weighted by molar-refractivity contribution is 9.10. The van der Waals surface area contributed by atoms with Crippen LogP contribution < -0.4 is 10.6 Å². The van der Waals surface area contributed by atoms with Crippen LogP contribution in [0.2, 0.25) is 0 Å². The van der Waals surface area contributed by atoms with Crippen LogP contribution in [-0.4, -0.2) is 25.8 Å². The first kappa shape index (κ1) is 16.3. The van der Waals surface area contributed by atoms with E-state index in [2.05, 4.69) is 65.5 Å². The van der Waals surface area contributed by atoms with E-state index in [-0.39, 0.29) is 0 Å². The van der Waals surface area contributed by atoms with Crippen molar-refractivity contribution in [3.8, 4) is 0 Å². The molecule has 2 N–H and O–H groups in total. The van der Waals surface area contributed by atoms with Crippen molar-refractivity contribution >= 4 is 21.6 Å². The quantitative estimate of drug-likeness (QED) is 0.777. The predicted molar refractivity (Wildman–Crippen MR) is 95.3 cm³/mol. The topological polar surface area (TPSA) is 33.3 Å². The normalized spacial score (nSPS) is 27.2. The van der Waals surface area contributed by atoms with Gasteiger partial charge in [-0.2, -0.15) is 0 Å². The second-order valence-electron chi connectivity index (χ2n) is 7.75. The summed E-state index contributed by atoms with van der Waals surface area (Å²) in [6.45, 7) is 9.54. The van der Waals surface area contributed by atoms with Crippen molar-refractivity contribution in [1.82, 2.24) is 5.32 Å². The molecule has 1 saturated heterocycles. The van der Waals surface area contributed by atoms with Gasteiger partial charge >= 0.3 is 0 Å². The summed E-state index contributed by atoms with van der Waals surface area (Å²) in [7, 11) is 0. The van der Waals surface area contributed by atoms with Gasteiger partial charge in [0.1, 0.15) is 0 Å². The van der Waals surface area contributed by atoms with Crippen molar-refractivity contribution in [2.75, 3.05) is 25.1 Å². The van der Waals surface area contributed by atoms with Crippen LogP contribution in [0.5, 0.6) is 0 Å². The zero-order valence-corrected chi connectivity index (χ0v) is 15.4. The first-order chi connectivity index (χ1) is 10.4. The smallest absolute Gasteiger partial charge is 0.0671 e. The highest BCUT2D eigenvalue weighted by Crippen LogP contribution is 2.42. The molecule has 2 aliphatic heterocycles. The van der Waals surface area contributed by atoms with E-state index in [0.29, 0.717) is 23.4 Å². The number of anilines is 1. The van der Waals surface area contributed by atoms with E-state index in [1.165, 1.54) is 17.7 Å². The maximum absolute atomic E-state index is 6.00. The van der Waals surface area contributed by atoms with Gasteiger partial charge in [-0.05, 0) is 48.6 Å². The van der Waals surface area contributed by atoms with E-state index in [1.54, 1.807) is 0 Å². The zero-order valence-electron chi connectivity index (χ0n) is 13.8. The van der Waals surface area contributed by atoms with Gasteiger partial charge in [-0.3, -0.25) is 0 Å². The molecule has 122 valence electrons. The molecule has 3 rings (SSSR count). The summed E-state index contributed by atoms with van der Waals surface area (Å²) in [6, 6.07) is 7.41. The van der Waals surface area contributed by atoms with Crippen LogP contribution in [-0.2, 0) is 4.74 Å². The molecule has 0 aliphatic carbocycles.